The van der Waals surface area contributed by atoms with Crippen molar-refractivity contribution < 1.29 is 9.47 Å². The Morgan fingerprint density at radius 3 is 2.76 bits per heavy atom. The van der Waals surface area contributed by atoms with Crippen LogP contribution in [-0.2, 0) is 4.74 Å². The second-order valence-corrected chi connectivity index (χ2v) is 4.23. The van der Waals surface area contributed by atoms with Crippen molar-refractivity contribution in [2.45, 2.75) is 39.4 Å². The zero-order valence-corrected chi connectivity index (χ0v) is 11.0. The maximum Gasteiger partial charge on any atom is 0.199 e. The fourth-order valence-electron chi connectivity index (χ4n) is 1.58. The fraction of sp³-hybridized carbons (Fsp3) is 0.467. The summed E-state index contributed by atoms with van der Waals surface area (Å²) in [6.07, 6.45) is 3.02. The summed E-state index contributed by atoms with van der Waals surface area (Å²) >= 11 is 0. The number of ether oxygens (including phenoxy) is 2. The number of benzene rings is 1. The average Bonchev–Trinajstić information content (AvgIpc) is 2.34. The average molecular weight is 234 g/mol. The Morgan fingerprint density at radius 2 is 2.18 bits per heavy atom. The van der Waals surface area contributed by atoms with Crippen molar-refractivity contribution in [3.8, 4) is 5.75 Å². The van der Waals surface area contributed by atoms with E-state index in [0.29, 0.717) is 0 Å². The van der Waals surface area contributed by atoms with Gasteiger partial charge >= 0.3 is 0 Å². The number of allylic oxidation sites excluding steroid dienone is 1. The molecule has 0 aliphatic rings. The van der Waals surface area contributed by atoms with Crippen LogP contribution < -0.4 is 4.74 Å². The topological polar surface area (TPSA) is 18.5 Å². The van der Waals surface area contributed by atoms with E-state index >= 15 is 0 Å². The maximum absolute atomic E-state index is 5.79. The van der Waals surface area contributed by atoms with E-state index in [1.807, 2.05) is 31.2 Å². The third-order valence-electron chi connectivity index (χ3n) is 2.65. The quantitative estimate of drug-likeness (QED) is 0.656. The fourth-order valence-corrected chi connectivity index (χ4v) is 1.58. The van der Waals surface area contributed by atoms with Crippen molar-refractivity contribution in [3.05, 3.63) is 36.4 Å². The van der Waals surface area contributed by atoms with Gasteiger partial charge < -0.3 is 9.47 Å². The summed E-state index contributed by atoms with van der Waals surface area (Å²) < 4.78 is 11.1. The number of rotatable bonds is 7. The first-order valence-corrected chi connectivity index (χ1v) is 6.12. The Kier molecular flexibility index (Phi) is 5.78. The highest BCUT2D eigenvalue weighted by Crippen LogP contribution is 2.20. The highest BCUT2D eigenvalue weighted by molar-refractivity contribution is 5.62. The molecule has 1 unspecified atom stereocenters. The first-order chi connectivity index (χ1) is 8.17. The predicted octanol–water partition coefficient (Wildman–Crippen LogP) is 4.26. The molecular weight excluding hydrogens is 212 g/mol. The van der Waals surface area contributed by atoms with Crippen LogP contribution in [0.4, 0.5) is 0 Å². The summed E-state index contributed by atoms with van der Waals surface area (Å²) in [6, 6.07) is 7.96. The van der Waals surface area contributed by atoms with E-state index in [1.54, 1.807) is 7.11 Å². The van der Waals surface area contributed by atoms with Crippen LogP contribution in [0, 0.1) is 0 Å². The van der Waals surface area contributed by atoms with Crippen LogP contribution in [0.25, 0.3) is 5.57 Å². The minimum absolute atomic E-state index is 0.157. The Balaban J connectivity index is 2.65. The molecule has 0 heterocycles. The van der Waals surface area contributed by atoms with Gasteiger partial charge in [0.05, 0.1) is 0 Å². The monoisotopic (exact) mass is 234 g/mol. The zero-order valence-electron chi connectivity index (χ0n) is 11.0. The van der Waals surface area contributed by atoms with E-state index in [0.717, 1.165) is 36.1 Å². The van der Waals surface area contributed by atoms with Crippen molar-refractivity contribution in [2.24, 2.45) is 0 Å². The molecule has 2 nitrogen and oxygen atoms in total. The molecule has 0 aliphatic carbocycles. The summed E-state index contributed by atoms with van der Waals surface area (Å²) in [5.74, 6) is 0.841. The molecule has 0 amide bonds. The second kappa shape index (κ2) is 7.13. The van der Waals surface area contributed by atoms with Gasteiger partial charge in [-0.15, -0.1) is 0 Å². The van der Waals surface area contributed by atoms with E-state index < -0.39 is 0 Å². The molecule has 0 radical (unpaired) electrons. The molecule has 0 aromatic heterocycles. The van der Waals surface area contributed by atoms with Crippen LogP contribution in [0.5, 0.6) is 5.75 Å². The number of unbranched alkanes of at least 4 members (excludes halogenated alkanes) is 1. The molecule has 0 saturated carbocycles. The Labute approximate surface area is 104 Å². The lowest BCUT2D eigenvalue weighted by atomic mass is 10.1. The van der Waals surface area contributed by atoms with E-state index in [4.69, 9.17) is 9.47 Å². The molecule has 1 atom stereocenters. The molecule has 17 heavy (non-hydrogen) atoms. The summed E-state index contributed by atoms with van der Waals surface area (Å²) in [7, 11) is 1.68. The van der Waals surface area contributed by atoms with Crippen molar-refractivity contribution in [3.63, 3.8) is 0 Å². The first kappa shape index (κ1) is 13.8. The predicted molar refractivity (Wildman–Crippen MR) is 72.1 cm³/mol. The third kappa shape index (κ3) is 4.61. The van der Waals surface area contributed by atoms with Crippen molar-refractivity contribution in [1.29, 1.82) is 0 Å². The highest BCUT2D eigenvalue weighted by Gasteiger charge is 2.08. The van der Waals surface area contributed by atoms with Crippen LogP contribution in [-0.4, -0.2) is 13.4 Å². The SMILES string of the molecule is C=C(C)c1cccc(OC(CCCC)OC)c1. The van der Waals surface area contributed by atoms with Crippen molar-refractivity contribution in [1.82, 2.24) is 0 Å². The molecule has 0 aliphatic heterocycles. The van der Waals surface area contributed by atoms with Crippen LogP contribution in [0.3, 0.4) is 0 Å². The number of methoxy groups -OCH3 is 1. The van der Waals surface area contributed by atoms with E-state index in [9.17, 15) is 0 Å². The van der Waals surface area contributed by atoms with Crippen LogP contribution >= 0.6 is 0 Å². The van der Waals surface area contributed by atoms with Gasteiger partial charge in [0.1, 0.15) is 5.75 Å². The second-order valence-electron chi connectivity index (χ2n) is 4.23. The van der Waals surface area contributed by atoms with Crippen molar-refractivity contribution >= 4 is 5.57 Å². The van der Waals surface area contributed by atoms with Gasteiger partial charge in [0, 0.05) is 13.5 Å². The molecule has 1 aromatic rings. The smallest absolute Gasteiger partial charge is 0.199 e. The Bertz CT molecular complexity index is 358. The summed E-state index contributed by atoms with van der Waals surface area (Å²) in [5, 5.41) is 0. The maximum atomic E-state index is 5.79. The molecule has 0 N–H and O–H groups in total. The largest absolute Gasteiger partial charge is 0.465 e. The summed E-state index contributed by atoms with van der Waals surface area (Å²) in [4.78, 5) is 0. The summed E-state index contributed by atoms with van der Waals surface area (Å²) in [6.45, 7) is 8.08. The van der Waals surface area contributed by atoms with E-state index in [-0.39, 0.29) is 6.29 Å². The van der Waals surface area contributed by atoms with Gasteiger partial charge in [0.25, 0.3) is 0 Å². The van der Waals surface area contributed by atoms with Gasteiger partial charge in [0.2, 0.25) is 0 Å². The zero-order chi connectivity index (χ0) is 12.7. The van der Waals surface area contributed by atoms with Gasteiger partial charge in [-0.1, -0.05) is 37.6 Å². The van der Waals surface area contributed by atoms with Crippen LogP contribution in [0.2, 0.25) is 0 Å². The molecule has 0 spiro atoms. The molecule has 1 rings (SSSR count). The van der Waals surface area contributed by atoms with Gasteiger partial charge in [-0.05, 0) is 31.0 Å². The van der Waals surface area contributed by atoms with Crippen LogP contribution in [0.1, 0.15) is 38.7 Å². The van der Waals surface area contributed by atoms with Gasteiger partial charge in [-0.2, -0.15) is 0 Å². The summed E-state index contributed by atoms with van der Waals surface area (Å²) in [5.41, 5.74) is 2.14. The van der Waals surface area contributed by atoms with Gasteiger partial charge in [-0.25, -0.2) is 0 Å². The van der Waals surface area contributed by atoms with Gasteiger partial charge in [-0.3, -0.25) is 0 Å². The van der Waals surface area contributed by atoms with Crippen molar-refractivity contribution in [2.75, 3.05) is 7.11 Å². The molecule has 1 aromatic carbocycles. The molecule has 94 valence electrons. The molecule has 0 bridgehead atoms. The minimum Gasteiger partial charge on any atom is -0.465 e. The lowest BCUT2D eigenvalue weighted by Gasteiger charge is -2.17. The lowest BCUT2D eigenvalue weighted by Crippen LogP contribution is -2.18. The lowest BCUT2D eigenvalue weighted by molar-refractivity contribution is -0.0592. The Hall–Kier alpha value is -1.28. The highest BCUT2D eigenvalue weighted by atomic mass is 16.7. The van der Waals surface area contributed by atoms with E-state index in [1.165, 1.54) is 0 Å². The molecule has 0 saturated heterocycles. The number of hydrogen-bond donors (Lipinski definition) is 0. The molecular formula is C15H22O2. The number of hydrogen-bond acceptors (Lipinski definition) is 2. The standard InChI is InChI=1S/C15H22O2/c1-5-6-10-15(16-4)17-14-9-7-8-13(11-14)12(2)3/h7-9,11,15H,2,5-6,10H2,1,3-4H3. The minimum atomic E-state index is -0.157. The molecule has 0 fully saturated rings. The first-order valence-electron chi connectivity index (χ1n) is 6.12. The van der Waals surface area contributed by atoms with Crippen LogP contribution in [0.15, 0.2) is 30.8 Å². The Morgan fingerprint density at radius 1 is 1.41 bits per heavy atom. The third-order valence-corrected chi connectivity index (χ3v) is 2.65. The normalized spacial score (nSPS) is 12.2. The molecule has 2 heteroatoms. The van der Waals surface area contributed by atoms with Gasteiger partial charge in [0.15, 0.2) is 6.29 Å². The van der Waals surface area contributed by atoms with E-state index in [2.05, 4.69) is 13.5 Å².